The van der Waals surface area contributed by atoms with Crippen molar-refractivity contribution in [3.05, 3.63) is 71.4 Å². The number of methoxy groups -OCH3 is 1. The number of hydrogen-bond acceptors (Lipinski definition) is 6. The lowest BCUT2D eigenvalue weighted by molar-refractivity contribution is 0.0703. The van der Waals surface area contributed by atoms with Crippen LogP contribution in [0.2, 0.25) is 5.02 Å². The van der Waals surface area contributed by atoms with Gasteiger partial charge in [0.15, 0.2) is 23.0 Å². The Morgan fingerprint density at radius 2 is 2.03 bits per heavy atom. The SMILES string of the molecule is COc1ccc(-c2cnc3c(Nc4ccc(C(=O)N(C)C5CCNCC5)c(Cl)c4)nccn23)cc1F. The van der Waals surface area contributed by atoms with Gasteiger partial charge in [0.1, 0.15) is 0 Å². The van der Waals surface area contributed by atoms with Crippen LogP contribution in [0.15, 0.2) is 55.0 Å². The number of nitrogens with one attached hydrogen (secondary N) is 2. The molecule has 2 aromatic heterocycles. The summed E-state index contributed by atoms with van der Waals surface area (Å²) in [6.45, 7) is 1.81. The highest BCUT2D eigenvalue weighted by Gasteiger charge is 2.24. The summed E-state index contributed by atoms with van der Waals surface area (Å²) in [6.07, 6.45) is 6.90. The highest BCUT2D eigenvalue weighted by atomic mass is 35.5. The second kappa shape index (κ2) is 10.1. The van der Waals surface area contributed by atoms with E-state index in [1.165, 1.54) is 13.2 Å². The fourth-order valence-electron chi connectivity index (χ4n) is 4.50. The minimum absolute atomic E-state index is 0.0942. The summed E-state index contributed by atoms with van der Waals surface area (Å²) >= 11 is 6.53. The number of carbonyl (C=O) groups is 1. The van der Waals surface area contributed by atoms with Crippen LogP contribution in [0.1, 0.15) is 23.2 Å². The van der Waals surface area contributed by atoms with Gasteiger partial charge >= 0.3 is 0 Å². The Labute approximate surface area is 213 Å². The topological polar surface area (TPSA) is 83.8 Å². The van der Waals surface area contributed by atoms with Gasteiger partial charge in [0.25, 0.3) is 5.91 Å². The number of carbonyl (C=O) groups excluding carboxylic acids is 1. The van der Waals surface area contributed by atoms with Crippen LogP contribution < -0.4 is 15.4 Å². The highest BCUT2D eigenvalue weighted by Crippen LogP contribution is 2.30. The second-order valence-corrected chi connectivity index (χ2v) is 9.09. The van der Waals surface area contributed by atoms with Crippen LogP contribution in [0, 0.1) is 5.82 Å². The zero-order valence-electron chi connectivity index (χ0n) is 20.0. The monoisotopic (exact) mass is 508 g/mol. The number of imidazole rings is 1. The average molecular weight is 509 g/mol. The van der Waals surface area contributed by atoms with Crippen molar-refractivity contribution in [3.8, 4) is 17.0 Å². The molecule has 0 unspecified atom stereocenters. The summed E-state index contributed by atoms with van der Waals surface area (Å²) < 4.78 is 21.1. The maximum atomic E-state index is 14.3. The third-order valence-corrected chi connectivity index (χ3v) is 6.83. The number of rotatable bonds is 6. The summed E-state index contributed by atoms with van der Waals surface area (Å²) in [6, 6.07) is 10.2. The van der Waals surface area contributed by atoms with Gasteiger partial charge in [0, 0.05) is 36.7 Å². The first-order valence-electron chi connectivity index (χ1n) is 11.7. The molecule has 36 heavy (non-hydrogen) atoms. The van der Waals surface area contributed by atoms with E-state index in [4.69, 9.17) is 16.3 Å². The van der Waals surface area contributed by atoms with E-state index in [0.29, 0.717) is 39.0 Å². The van der Waals surface area contributed by atoms with Crippen LogP contribution in [0.5, 0.6) is 5.75 Å². The number of ether oxygens (including phenoxy) is 1. The van der Waals surface area contributed by atoms with Crippen LogP contribution in [-0.4, -0.2) is 58.5 Å². The van der Waals surface area contributed by atoms with Crippen LogP contribution in [0.3, 0.4) is 0 Å². The molecule has 4 aromatic rings. The molecule has 186 valence electrons. The standard InChI is InChI=1S/C26H26ClFN6O2/c1-33(18-7-9-29-10-8-18)26(35)19-5-4-17(14-20(19)27)32-24-25-31-15-22(34(25)12-11-30-24)16-3-6-23(36-2)21(28)13-16/h3-6,11-15,18,29H,7-10H2,1-2H3,(H,30,32). The molecule has 1 aliphatic rings. The van der Waals surface area contributed by atoms with E-state index in [1.54, 1.807) is 53.8 Å². The Balaban J connectivity index is 1.39. The number of aromatic nitrogens is 3. The molecule has 0 saturated carbocycles. The van der Waals surface area contributed by atoms with Gasteiger partial charge in [-0.2, -0.15) is 0 Å². The third-order valence-electron chi connectivity index (χ3n) is 6.51. The number of anilines is 2. The van der Waals surface area contributed by atoms with Crippen LogP contribution >= 0.6 is 11.6 Å². The Bertz CT molecular complexity index is 1420. The van der Waals surface area contributed by atoms with Crippen molar-refractivity contribution in [3.63, 3.8) is 0 Å². The highest BCUT2D eigenvalue weighted by molar-refractivity contribution is 6.34. The minimum Gasteiger partial charge on any atom is -0.494 e. The average Bonchev–Trinajstić information content (AvgIpc) is 3.34. The number of amides is 1. The fourth-order valence-corrected chi connectivity index (χ4v) is 4.76. The van der Waals surface area contributed by atoms with Crippen LogP contribution in [-0.2, 0) is 0 Å². The third kappa shape index (κ3) is 4.59. The van der Waals surface area contributed by atoms with Gasteiger partial charge in [-0.3, -0.25) is 9.20 Å². The molecule has 0 atom stereocenters. The fraction of sp³-hybridized carbons (Fsp3) is 0.269. The smallest absolute Gasteiger partial charge is 0.255 e. The Hall–Kier alpha value is -3.69. The van der Waals surface area contributed by atoms with Crippen molar-refractivity contribution in [1.29, 1.82) is 0 Å². The van der Waals surface area contributed by atoms with Gasteiger partial charge in [0.2, 0.25) is 0 Å². The number of halogens is 2. The molecule has 0 bridgehead atoms. The summed E-state index contributed by atoms with van der Waals surface area (Å²) in [5.41, 5.74) is 3.05. The number of nitrogens with zero attached hydrogens (tertiary/aromatic N) is 4. The molecular formula is C26H26ClFN6O2. The lowest BCUT2D eigenvalue weighted by Crippen LogP contribution is -2.44. The normalized spacial score (nSPS) is 14.1. The van der Waals surface area contributed by atoms with E-state index in [0.717, 1.165) is 25.9 Å². The van der Waals surface area contributed by atoms with Gasteiger partial charge in [0.05, 0.1) is 29.6 Å². The molecule has 0 aliphatic carbocycles. The lowest BCUT2D eigenvalue weighted by atomic mass is 10.0. The summed E-state index contributed by atoms with van der Waals surface area (Å²) in [4.78, 5) is 23.7. The van der Waals surface area contributed by atoms with E-state index in [-0.39, 0.29) is 17.7 Å². The van der Waals surface area contributed by atoms with Gasteiger partial charge in [-0.1, -0.05) is 11.6 Å². The van der Waals surface area contributed by atoms with E-state index in [1.807, 2.05) is 11.4 Å². The van der Waals surface area contributed by atoms with Crippen molar-refractivity contribution in [2.75, 3.05) is 32.6 Å². The molecule has 8 nitrogen and oxygen atoms in total. The largest absolute Gasteiger partial charge is 0.494 e. The van der Waals surface area contributed by atoms with E-state index in [2.05, 4.69) is 20.6 Å². The van der Waals surface area contributed by atoms with E-state index < -0.39 is 5.82 Å². The van der Waals surface area contributed by atoms with E-state index in [9.17, 15) is 9.18 Å². The van der Waals surface area contributed by atoms with Crippen molar-refractivity contribution in [2.45, 2.75) is 18.9 Å². The first-order valence-corrected chi connectivity index (χ1v) is 12.0. The molecule has 2 aromatic carbocycles. The lowest BCUT2D eigenvalue weighted by Gasteiger charge is -2.32. The first kappa shape index (κ1) is 24.0. The molecule has 1 fully saturated rings. The Kier molecular flexibility index (Phi) is 6.75. The summed E-state index contributed by atoms with van der Waals surface area (Å²) in [7, 11) is 3.26. The van der Waals surface area contributed by atoms with Crippen LogP contribution in [0.4, 0.5) is 15.9 Å². The molecule has 5 rings (SSSR count). The number of piperidine rings is 1. The summed E-state index contributed by atoms with van der Waals surface area (Å²) in [5.74, 6) is 0.132. The molecule has 10 heteroatoms. The zero-order valence-corrected chi connectivity index (χ0v) is 20.7. The molecule has 3 heterocycles. The zero-order chi connectivity index (χ0) is 25.2. The van der Waals surface area contributed by atoms with Gasteiger partial charge < -0.3 is 20.3 Å². The van der Waals surface area contributed by atoms with E-state index >= 15 is 0 Å². The molecule has 1 aliphatic heterocycles. The Morgan fingerprint density at radius 3 is 2.75 bits per heavy atom. The first-order chi connectivity index (χ1) is 17.5. The second-order valence-electron chi connectivity index (χ2n) is 8.68. The van der Waals surface area contributed by atoms with Crippen molar-refractivity contribution < 1.29 is 13.9 Å². The molecule has 0 radical (unpaired) electrons. The van der Waals surface area contributed by atoms with Gasteiger partial charge in [-0.05, 0) is 62.3 Å². The quantitative estimate of drug-likeness (QED) is 0.390. The predicted molar refractivity (Wildman–Crippen MR) is 138 cm³/mol. The van der Waals surface area contributed by atoms with Crippen molar-refractivity contribution >= 4 is 34.7 Å². The van der Waals surface area contributed by atoms with Crippen molar-refractivity contribution in [1.82, 2.24) is 24.6 Å². The summed E-state index contributed by atoms with van der Waals surface area (Å²) in [5, 5.41) is 6.91. The predicted octanol–water partition coefficient (Wildman–Crippen LogP) is 4.77. The van der Waals surface area contributed by atoms with Crippen LogP contribution in [0.25, 0.3) is 16.9 Å². The van der Waals surface area contributed by atoms with Gasteiger partial charge in [-0.25, -0.2) is 14.4 Å². The molecule has 1 saturated heterocycles. The maximum Gasteiger partial charge on any atom is 0.255 e. The number of fused-ring (bicyclic) bond motifs is 1. The molecule has 1 amide bonds. The molecular weight excluding hydrogens is 483 g/mol. The molecule has 0 spiro atoms. The maximum absolute atomic E-state index is 14.3. The number of hydrogen-bond donors (Lipinski definition) is 2. The van der Waals surface area contributed by atoms with Crippen molar-refractivity contribution in [2.24, 2.45) is 0 Å². The Morgan fingerprint density at radius 1 is 1.22 bits per heavy atom. The number of benzene rings is 2. The van der Waals surface area contributed by atoms with Gasteiger partial charge in [-0.15, -0.1) is 0 Å². The molecule has 2 N–H and O–H groups in total. The minimum atomic E-state index is -0.451.